The maximum atomic E-state index is 13.6. The molecule has 0 aliphatic carbocycles. The normalized spacial score (nSPS) is 17.0. The molecular formula is C22H27N5O3S. The molecule has 0 unspecified atom stereocenters. The van der Waals surface area contributed by atoms with Crippen molar-refractivity contribution >= 4 is 21.6 Å². The number of sulfonamides is 1. The fraction of sp³-hybridized carbons (Fsp3) is 0.409. The van der Waals surface area contributed by atoms with E-state index >= 15 is 0 Å². The zero-order valence-corrected chi connectivity index (χ0v) is 18.8. The SMILES string of the molecule is CCN(CC)S(=O)(=O)c1ccc(C)c(C(=O)N2CCC[C@H]2c2nnc3ccccn23)c1. The molecule has 3 aromatic rings. The van der Waals surface area contributed by atoms with Gasteiger partial charge in [-0.05, 0) is 49.6 Å². The van der Waals surface area contributed by atoms with E-state index in [1.807, 2.05) is 35.7 Å². The number of benzene rings is 1. The Morgan fingerprint density at radius 3 is 2.68 bits per heavy atom. The molecule has 164 valence electrons. The molecule has 1 saturated heterocycles. The second-order valence-corrected chi connectivity index (χ2v) is 9.65. The number of nitrogens with zero attached hydrogens (tertiary/aromatic N) is 5. The van der Waals surface area contributed by atoms with E-state index in [0.717, 1.165) is 29.9 Å². The van der Waals surface area contributed by atoms with Gasteiger partial charge in [-0.3, -0.25) is 9.20 Å². The fourth-order valence-electron chi connectivity index (χ4n) is 4.22. The largest absolute Gasteiger partial charge is 0.328 e. The smallest absolute Gasteiger partial charge is 0.254 e. The summed E-state index contributed by atoms with van der Waals surface area (Å²) in [5.74, 6) is 0.551. The number of hydrogen-bond donors (Lipinski definition) is 0. The minimum atomic E-state index is -3.65. The predicted octanol–water partition coefficient (Wildman–Crippen LogP) is 3.05. The van der Waals surface area contributed by atoms with Crippen LogP contribution in [0.3, 0.4) is 0 Å². The molecule has 0 saturated carbocycles. The summed E-state index contributed by atoms with van der Waals surface area (Å²) in [5.41, 5.74) is 1.90. The van der Waals surface area contributed by atoms with Gasteiger partial charge in [0.05, 0.1) is 10.9 Å². The molecule has 2 aromatic heterocycles. The molecule has 1 aliphatic heterocycles. The van der Waals surface area contributed by atoms with Gasteiger partial charge in [-0.15, -0.1) is 10.2 Å². The lowest BCUT2D eigenvalue weighted by atomic mass is 10.1. The van der Waals surface area contributed by atoms with Crippen LogP contribution in [0, 0.1) is 6.92 Å². The first-order valence-corrected chi connectivity index (χ1v) is 12.0. The van der Waals surface area contributed by atoms with Crippen LogP contribution in [0.2, 0.25) is 0 Å². The van der Waals surface area contributed by atoms with Gasteiger partial charge in [0, 0.05) is 31.4 Å². The topological polar surface area (TPSA) is 87.9 Å². The minimum Gasteiger partial charge on any atom is -0.328 e. The first kappa shape index (κ1) is 21.5. The maximum Gasteiger partial charge on any atom is 0.254 e. The van der Waals surface area contributed by atoms with Crippen LogP contribution in [-0.4, -0.2) is 57.8 Å². The molecule has 9 heteroatoms. The van der Waals surface area contributed by atoms with Crippen LogP contribution in [0.15, 0.2) is 47.5 Å². The van der Waals surface area contributed by atoms with Crippen LogP contribution in [0.4, 0.5) is 0 Å². The Morgan fingerprint density at radius 2 is 1.94 bits per heavy atom. The quantitative estimate of drug-likeness (QED) is 0.587. The molecule has 8 nitrogen and oxygen atoms in total. The van der Waals surface area contributed by atoms with E-state index < -0.39 is 10.0 Å². The number of pyridine rings is 1. The Kier molecular flexibility index (Phi) is 5.81. The van der Waals surface area contributed by atoms with Gasteiger partial charge in [-0.25, -0.2) is 8.42 Å². The Labute approximate surface area is 182 Å². The number of amides is 1. The lowest BCUT2D eigenvalue weighted by Gasteiger charge is -2.25. The van der Waals surface area contributed by atoms with Gasteiger partial charge in [0.25, 0.3) is 5.91 Å². The number of likely N-dealkylation sites (tertiary alicyclic amines) is 1. The summed E-state index contributed by atoms with van der Waals surface area (Å²) in [7, 11) is -3.65. The van der Waals surface area contributed by atoms with E-state index in [0.29, 0.717) is 25.2 Å². The highest BCUT2D eigenvalue weighted by molar-refractivity contribution is 7.89. The molecule has 1 amide bonds. The average molecular weight is 442 g/mol. The zero-order valence-electron chi connectivity index (χ0n) is 18.0. The Balaban J connectivity index is 1.70. The second-order valence-electron chi connectivity index (χ2n) is 7.71. The number of rotatable bonds is 6. The van der Waals surface area contributed by atoms with E-state index in [2.05, 4.69) is 10.2 Å². The summed E-state index contributed by atoms with van der Waals surface area (Å²) < 4.78 is 29.3. The lowest BCUT2D eigenvalue weighted by Crippen LogP contribution is -2.33. The molecule has 1 fully saturated rings. The number of carbonyl (C=O) groups excluding carboxylic acids is 1. The molecular weight excluding hydrogens is 414 g/mol. The van der Waals surface area contributed by atoms with Gasteiger partial charge in [0.15, 0.2) is 11.5 Å². The summed E-state index contributed by atoms with van der Waals surface area (Å²) in [6, 6.07) is 10.3. The first-order chi connectivity index (χ1) is 14.9. The van der Waals surface area contributed by atoms with E-state index in [-0.39, 0.29) is 16.8 Å². The summed E-state index contributed by atoms with van der Waals surface area (Å²) in [5, 5.41) is 8.57. The summed E-state index contributed by atoms with van der Waals surface area (Å²) in [6.45, 7) is 6.79. The molecule has 0 radical (unpaired) electrons. The Morgan fingerprint density at radius 1 is 1.16 bits per heavy atom. The van der Waals surface area contributed by atoms with Crippen LogP contribution in [-0.2, 0) is 10.0 Å². The number of carbonyl (C=O) groups is 1. The second kappa shape index (κ2) is 8.39. The lowest BCUT2D eigenvalue weighted by molar-refractivity contribution is 0.0728. The molecule has 1 atom stereocenters. The van der Waals surface area contributed by atoms with Gasteiger partial charge in [0.1, 0.15) is 0 Å². The van der Waals surface area contributed by atoms with Crippen LogP contribution in [0.1, 0.15) is 54.5 Å². The summed E-state index contributed by atoms with van der Waals surface area (Å²) in [6.07, 6.45) is 3.54. The monoisotopic (exact) mass is 441 g/mol. The molecule has 4 rings (SSSR count). The van der Waals surface area contributed by atoms with E-state index in [1.165, 1.54) is 10.4 Å². The highest BCUT2D eigenvalue weighted by Crippen LogP contribution is 2.33. The molecule has 0 spiro atoms. The van der Waals surface area contributed by atoms with Crippen LogP contribution >= 0.6 is 0 Å². The van der Waals surface area contributed by atoms with Gasteiger partial charge in [-0.1, -0.05) is 26.0 Å². The van der Waals surface area contributed by atoms with Gasteiger partial charge in [-0.2, -0.15) is 4.31 Å². The number of aryl methyl sites for hydroxylation is 1. The Bertz CT molecular complexity index is 1220. The van der Waals surface area contributed by atoms with Crippen molar-refractivity contribution in [2.45, 2.75) is 44.6 Å². The van der Waals surface area contributed by atoms with E-state index in [1.54, 1.807) is 30.9 Å². The van der Waals surface area contributed by atoms with E-state index in [9.17, 15) is 13.2 Å². The molecule has 3 heterocycles. The third-order valence-corrected chi connectivity index (χ3v) is 7.98. The van der Waals surface area contributed by atoms with Crippen LogP contribution in [0.5, 0.6) is 0 Å². The third kappa shape index (κ3) is 3.72. The molecule has 1 aromatic carbocycles. The summed E-state index contributed by atoms with van der Waals surface area (Å²) in [4.78, 5) is 15.5. The Hall–Kier alpha value is -2.78. The zero-order chi connectivity index (χ0) is 22.2. The van der Waals surface area contributed by atoms with Gasteiger partial charge in [0.2, 0.25) is 10.0 Å². The van der Waals surface area contributed by atoms with Crippen molar-refractivity contribution in [1.82, 2.24) is 23.8 Å². The van der Waals surface area contributed by atoms with Crippen molar-refractivity contribution in [3.05, 3.63) is 59.5 Å². The molecule has 31 heavy (non-hydrogen) atoms. The van der Waals surface area contributed by atoms with Crippen LogP contribution in [0.25, 0.3) is 5.65 Å². The molecule has 1 aliphatic rings. The standard InChI is InChI=1S/C22H27N5O3S/c1-4-25(5-2)31(29,30)17-12-11-16(3)18(15-17)22(28)26-14-8-9-19(26)21-24-23-20-10-6-7-13-27(20)21/h6-7,10-13,15,19H,4-5,8-9,14H2,1-3H3/t19-/m0/s1. The highest BCUT2D eigenvalue weighted by atomic mass is 32.2. The van der Waals surface area contributed by atoms with Crippen molar-refractivity contribution in [2.24, 2.45) is 0 Å². The van der Waals surface area contributed by atoms with Crippen molar-refractivity contribution in [3.8, 4) is 0 Å². The predicted molar refractivity (Wildman–Crippen MR) is 117 cm³/mol. The minimum absolute atomic E-state index is 0.147. The third-order valence-electron chi connectivity index (χ3n) is 5.93. The van der Waals surface area contributed by atoms with Crippen molar-refractivity contribution in [3.63, 3.8) is 0 Å². The maximum absolute atomic E-state index is 13.6. The van der Waals surface area contributed by atoms with Crippen LogP contribution < -0.4 is 0 Å². The van der Waals surface area contributed by atoms with Crippen molar-refractivity contribution in [1.29, 1.82) is 0 Å². The van der Waals surface area contributed by atoms with Gasteiger partial charge >= 0.3 is 0 Å². The molecule has 0 N–H and O–H groups in total. The highest BCUT2D eigenvalue weighted by Gasteiger charge is 2.35. The molecule has 0 bridgehead atoms. The average Bonchev–Trinajstić information content (AvgIpc) is 3.41. The van der Waals surface area contributed by atoms with Gasteiger partial charge < -0.3 is 4.90 Å². The first-order valence-electron chi connectivity index (χ1n) is 10.6. The number of hydrogen-bond acceptors (Lipinski definition) is 5. The fourth-order valence-corrected chi connectivity index (χ4v) is 5.71. The van der Waals surface area contributed by atoms with Crippen molar-refractivity contribution in [2.75, 3.05) is 19.6 Å². The number of fused-ring (bicyclic) bond motifs is 1. The number of aromatic nitrogens is 3. The summed E-state index contributed by atoms with van der Waals surface area (Å²) >= 11 is 0. The van der Waals surface area contributed by atoms with E-state index in [4.69, 9.17) is 0 Å². The van der Waals surface area contributed by atoms with Crippen molar-refractivity contribution < 1.29 is 13.2 Å².